The molecule has 2 N–H and O–H groups in total. The summed E-state index contributed by atoms with van der Waals surface area (Å²) < 4.78 is 0. The smallest absolute Gasteiger partial charge is 0.236 e. The van der Waals surface area contributed by atoms with E-state index in [1.54, 1.807) is 24.1 Å². The van der Waals surface area contributed by atoms with E-state index in [9.17, 15) is 9.59 Å². The zero-order chi connectivity index (χ0) is 15.2. The van der Waals surface area contributed by atoms with Gasteiger partial charge in [-0.3, -0.25) is 9.59 Å². The summed E-state index contributed by atoms with van der Waals surface area (Å²) in [6.45, 7) is 1.47. The van der Waals surface area contributed by atoms with Crippen LogP contribution in [0.3, 0.4) is 0 Å². The lowest BCUT2D eigenvalue weighted by molar-refractivity contribution is -0.133. The van der Waals surface area contributed by atoms with Crippen molar-refractivity contribution < 1.29 is 9.59 Å². The monoisotopic (exact) mass is 346 g/mol. The second kappa shape index (κ2) is 8.92. The molecule has 0 aliphatic carbocycles. The molecule has 2 rings (SSSR count). The van der Waals surface area contributed by atoms with Crippen LogP contribution in [-0.4, -0.2) is 48.4 Å². The standard InChI is InChI=1S/C14H19ClN4O2.ClH/c1-16-8-13(20)19-6-2-3-10(9-19)14(21)18-12-5-4-11(15)7-17-12;/h4-5,7,10,16H,2-3,6,8-9H2,1H3,(H,17,18,21);1H. The van der Waals surface area contributed by atoms with Crippen molar-refractivity contribution in [1.29, 1.82) is 0 Å². The van der Waals surface area contributed by atoms with Crippen LogP contribution in [0.5, 0.6) is 0 Å². The van der Waals surface area contributed by atoms with E-state index >= 15 is 0 Å². The summed E-state index contributed by atoms with van der Waals surface area (Å²) in [6, 6.07) is 3.33. The number of anilines is 1. The highest BCUT2D eigenvalue weighted by Gasteiger charge is 2.28. The van der Waals surface area contributed by atoms with E-state index in [4.69, 9.17) is 11.6 Å². The molecule has 0 bridgehead atoms. The van der Waals surface area contributed by atoms with E-state index in [0.29, 0.717) is 30.5 Å². The number of hydrogen-bond donors (Lipinski definition) is 2. The Morgan fingerprint density at radius 2 is 2.23 bits per heavy atom. The third-order valence-corrected chi connectivity index (χ3v) is 3.68. The zero-order valence-electron chi connectivity index (χ0n) is 12.3. The second-order valence-electron chi connectivity index (χ2n) is 5.06. The van der Waals surface area contributed by atoms with E-state index in [1.807, 2.05) is 0 Å². The number of rotatable bonds is 4. The molecule has 2 amide bonds. The Morgan fingerprint density at radius 1 is 1.45 bits per heavy atom. The molecule has 1 aliphatic rings. The lowest BCUT2D eigenvalue weighted by Gasteiger charge is -2.32. The van der Waals surface area contributed by atoms with Crippen LogP contribution in [0.15, 0.2) is 18.3 Å². The Balaban J connectivity index is 0.00000242. The van der Waals surface area contributed by atoms with Crippen molar-refractivity contribution in [3.8, 4) is 0 Å². The minimum absolute atomic E-state index is 0. The maximum Gasteiger partial charge on any atom is 0.236 e. The summed E-state index contributed by atoms with van der Waals surface area (Å²) in [6.07, 6.45) is 3.10. The van der Waals surface area contributed by atoms with Gasteiger partial charge in [0.05, 0.1) is 17.5 Å². The topological polar surface area (TPSA) is 74.3 Å². The van der Waals surface area contributed by atoms with Gasteiger partial charge in [-0.15, -0.1) is 12.4 Å². The van der Waals surface area contributed by atoms with Crippen molar-refractivity contribution in [1.82, 2.24) is 15.2 Å². The van der Waals surface area contributed by atoms with Gasteiger partial charge in [0.1, 0.15) is 5.82 Å². The molecule has 22 heavy (non-hydrogen) atoms. The van der Waals surface area contributed by atoms with Crippen molar-refractivity contribution in [2.75, 3.05) is 32.0 Å². The van der Waals surface area contributed by atoms with Crippen LogP contribution in [0.4, 0.5) is 5.82 Å². The number of halogens is 2. The third kappa shape index (κ3) is 5.12. The van der Waals surface area contributed by atoms with Crippen molar-refractivity contribution in [2.24, 2.45) is 5.92 Å². The number of carbonyl (C=O) groups excluding carboxylic acids is 2. The van der Waals surface area contributed by atoms with Gasteiger partial charge in [-0.1, -0.05) is 11.6 Å². The van der Waals surface area contributed by atoms with Gasteiger partial charge in [0, 0.05) is 19.3 Å². The van der Waals surface area contributed by atoms with Crippen LogP contribution < -0.4 is 10.6 Å². The molecule has 1 aromatic rings. The summed E-state index contributed by atoms with van der Waals surface area (Å²) in [5.41, 5.74) is 0. The Hall–Kier alpha value is -1.37. The van der Waals surface area contributed by atoms with Gasteiger partial charge in [-0.25, -0.2) is 4.98 Å². The van der Waals surface area contributed by atoms with Gasteiger partial charge in [0.2, 0.25) is 11.8 Å². The van der Waals surface area contributed by atoms with Gasteiger partial charge >= 0.3 is 0 Å². The summed E-state index contributed by atoms with van der Waals surface area (Å²) in [5.74, 6) is 0.200. The number of hydrogen-bond acceptors (Lipinski definition) is 4. The maximum atomic E-state index is 12.2. The van der Waals surface area contributed by atoms with Crippen molar-refractivity contribution in [3.63, 3.8) is 0 Å². The largest absolute Gasteiger partial charge is 0.341 e. The number of amides is 2. The molecule has 0 saturated carbocycles. The molecule has 1 aliphatic heterocycles. The SMILES string of the molecule is CNCC(=O)N1CCCC(C(=O)Nc2ccc(Cl)cn2)C1.Cl. The predicted octanol–water partition coefficient (Wildman–Crippen LogP) is 1.55. The molecule has 1 fully saturated rings. The number of piperidine rings is 1. The molecule has 6 nitrogen and oxygen atoms in total. The van der Waals surface area contributed by atoms with Crippen molar-refractivity contribution >= 4 is 41.6 Å². The fourth-order valence-corrected chi connectivity index (χ4v) is 2.47. The molecule has 1 atom stereocenters. The Bertz CT molecular complexity index is 510. The highest BCUT2D eigenvalue weighted by molar-refractivity contribution is 6.30. The van der Waals surface area contributed by atoms with Crippen LogP contribution in [0.2, 0.25) is 5.02 Å². The Labute approximate surface area is 141 Å². The number of carbonyl (C=O) groups is 2. The first-order chi connectivity index (χ1) is 10.1. The number of likely N-dealkylation sites (N-methyl/N-ethyl adjacent to an activating group) is 1. The zero-order valence-corrected chi connectivity index (χ0v) is 13.9. The molecular weight excluding hydrogens is 327 g/mol. The number of aromatic nitrogens is 1. The molecular formula is C14H20Cl2N4O2. The number of pyridine rings is 1. The van der Waals surface area contributed by atoms with Crippen LogP contribution >= 0.6 is 24.0 Å². The fraction of sp³-hybridized carbons (Fsp3) is 0.500. The van der Waals surface area contributed by atoms with Crippen LogP contribution in [0.25, 0.3) is 0 Å². The fourth-order valence-electron chi connectivity index (χ4n) is 2.36. The molecule has 1 saturated heterocycles. The minimum Gasteiger partial charge on any atom is -0.341 e. The summed E-state index contributed by atoms with van der Waals surface area (Å²) in [5, 5.41) is 6.13. The van der Waals surface area contributed by atoms with Gasteiger partial charge in [0.25, 0.3) is 0 Å². The molecule has 0 spiro atoms. The molecule has 1 unspecified atom stereocenters. The number of nitrogens with one attached hydrogen (secondary N) is 2. The van der Waals surface area contributed by atoms with Crippen LogP contribution in [0, 0.1) is 5.92 Å². The maximum absolute atomic E-state index is 12.2. The Morgan fingerprint density at radius 3 is 2.86 bits per heavy atom. The normalized spacial score (nSPS) is 17.5. The Kier molecular flexibility index (Phi) is 7.58. The van der Waals surface area contributed by atoms with E-state index in [-0.39, 0.29) is 30.1 Å². The number of nitrogens with zero attached hydrogens (tertiary/aromatic N) is 2. The van der Waals surface area contributed by atoms with Gasteiger partial charge in [-0.05, 0) is 32.0 Å². The summed E-state index contributed by atoms with van der Waals surface area (Å²) in [4.78, 5) is 29.9. The second-order valence-corrected chi connectivity index (χ2v) is 5.50. The summed E-state index contributed by atoms with van der Waals surface area (Å²) >= 11 is 5.76. The summed E-state index contributed by atoms with van der Waals surface area (Å²) in [7, 11) is 1.73. The van der Waals surface area contributed by atoms with Gasteiger partial charge in [0.15, 0.2) is 0 Å². The average molecular weight is 347 g/mol. The highest BCUT2D eigenvalue weighted by Crippen LogP contribution is 2.18. The van der Waals surface area contributed by atoms with Crippen LogP contribution in [-0.2, 0) is 9.59 Å². The molecule has 0 radical (unpaired) electrons. The lowest BCUT2D eigenvalue weighted by atomic mass is 9.97. The van der Waals surface area contributed by atoms with E-state index in [2.05, 4.69) is 15.6 Å². The quantitative estimate of drug-likeness (QED) is 0.867. The van der Waals surface area contributed by atoms with Gasteiger partial charge in [-0.2, -0.15) is 0 Å². The number of likely N-dealkylation sites (tertiary alicyclic amines) is 1. The van der Waals surface area contributed by atoms with Crippen molar-refractivity contribution in [2.45, 2.75) is 12.8 Å². The molecule has 122 valence electrons. The molecule has 1 aromatic heterocycles. The van der Waals surface area contributed by atoms with Gasteiger partial charge < -0.3 is 15.5 Å². The van der Waals surface area contributed by atoms with E-state index < -0.39 is 0 Å². The average Bonchev–Trinajstić information content (AvgIpc) is 2.50. The third-order valence-electron chi connectivity index (χ3n) is 3.45. The van der Waals surface area contributed by atoms with E-state index in [0.717, 1.165) is 12.8 Å². The first kappa shape index (κ1) is 18.7. The first-order valence-corrected chi connectivity index (χ1v) is 7.32. The predicted molar refractivity (Wildman–Crippen MR) is 88.4 cm³/mol. The molecule has 8 heteroatoms. The molecule has 0 aromatic carbocycles. The minimum atomic E-state index is -0.197. The van der Waals surface area contributed by atoms with Crippen molar-refractivity contribution in [3.05, 3.63) is 23.4 Å². The molecule has 2 heterocycles. The first-order valence-electron chi connectivity index (χ1n) is 6.95. The van der Waals surface area contributed by atoms with Crippen LogP contribution in [0.1, 0.15) is 12.8 Å². The lowest BCUT2D eigenvalue weighted by Crippen LogP contribution is -2.46. The highest BCUT2D eigenvalue weighted by atomic mass is 35.5. The van der Waals surface area contributed by atoms with E-state index in [1.165, 1.54) is 6.20 Å².